The van der Waals surface area contributed by atoms with Gasteiger partial charge in [-0.25, -0.2) is 9.18 Å². The topological polar surface area (TPSA) is 53.2 Å². The third kappa shape index (κ3) is 2.03. The van der Waals surface area contributed by atoms with Crippen molar-refractivity contribution in [1.82, 2.24) is 0 Å². The van der Waals surface area contributed by atoms with Gasteiger partial charge in [-0.15, -0.1) is 0 Å². The number of isocyanates is 1. The Morgan fingerprint density at radius 1 is 1.57 bits per heavy atom. The summed E-state index contributed by atoms with van der Waals surface area (Å²) >= 11 is 0. The Morgan fingerprint density at radius 2 is 2.29 bits per heavy atom. The lowest BCUT2D eigenvalue weighted by molar-refractivity contribution is 0.561. The highest BCUT2D eigenvalue weighted by Crippen LogP contribution is 2.20. The van der Waals surface area contributed by atoms with Crippen LogP contribution in [0.3, 0.4) is 0 Å². The predicted molar refractivity (Wildman–Crippen MR) is 47.6 cm³/mol. The Balaban J connectivity index is 3.18. The molecule has 0 heterocycles. The Labute approximate surface area is 80.5 Å². The molecule has 0 aliphatic heterocycles. The van der Waals surface area contributed by atoms with Gasteiger partial charge >= 0.3 is 0 Å². The molecule has 1 unspecified atom stereocenters. The fourth-order valence-corrected chi connectivity index (χ4v) is 1.17. The Bertz CT molecular complexity index is 430. The lowest BCUT2D eigenvalue weighted by Gasteiger charge is -2.05. The maximum absolute atomic E-state index is 12.7. The van der Waals surface area contributed by atoms with E-state index in [1.54, 1.807) is 6.92 Å². The van der Waals surface area contributed by atoms with E-state index in [0.717, 1.165) is 0 Å². The number of hydrogen-bond acceptors (Lipinski definition) is 3. The summed E-state index contributed by atoms with van der Waals surface area (Å²) in [6.07, 6.45) is 1.32. The van der Waals surface area contributed by atoms with Gasteiger partial charge in [-0.2, -0.15) is 10.3 Å². The zero-order valence-corrected chi connectivity index (χ0v) is 7.49. The first-order chi connectivity index (χ1) is 6.69. The summed E-state index contributed by atoms with van der Waals surface area (Å²) in [6.45, 7) is 1.66. The van der Waals surface area contributed by atoms with E-state index in [-0.39, 0.29) is 5.82 Å². The summed E-state index contributed by atoms with van der Waals surface area (Å²) in [5, 5.41) is 8.69. The molecule has 0 aromatic heterocycles. The van der Waals surface area contributed by atoms with Crippen LogP contribution < -0.4 is 0 Å². The molecule has 1 atom stereocenters. The van der Waals surface area contributed by atoms with Crippen LogP contribution in [0.4, 0.5) is 4.39 Å². The van der Waals surface area contributed by atoms with Gasteiger partial charge in [0.1, 0.15) is 5.82 Å². The number of benzene rings is 1. The molecule has 0 fully saturated rings. The summed E-state index contributed by atoms with van der Waals surface area (Å²) in [6, 6.07) is 4.90. The minimum atomic E-state index is -0.895. The molecule has 0 N–H and O–H groups in total. The van der Waals surface area contributed by atoms with Crippen molar-refractivity contribution in [2.45, 2.75) is 13.0 Å². The second-order valence-electron chi connectivity index (χ2n) is 2.75. The van der Waals surface area contributed by atoms with E-state index in [1.807, 2.05) is 6.07 Å². The van der Waals surface area contributed by atoms with Gasteiger partial charge in [0.25, 0.3) is 0 Å². The number of carbonyl (C=O) groups excluding carboxylic acids is 1. The molecule has 1 rings (SSSR count). The molecule has 0 saturated carbocycles. The first-order valence-electron chi connectivity index (χ1n) is 3.91. The molecule has 70 valence electrons. The molecule has 0 spiro atoms. The molecule has 0 radical (unpaired) electrons. The molecule has 0 bridgehead atoms. The first kappa shape index (κ1) is 10.1. The van der Waals surface area contributed by atoms with Crippen LogP contribution in [0.5, 0.6) is 0 Å². The van der Waals surface area contributed by atoms with E-state index in [4.69, 9.17) is 5.26 Å². The molecule has 0 amide bonds. The molecule has 0 aliphatic rings. The third-order valence-corrected chi connectivity index (χ3v) is 1.83. The number of hydrogen-bond donors (Lipinski definition) is 0. The fourth-order valence-electron chi connectivity index (χ4n) is 1.17. The SMILES string of the molecule is Cc1cc(F)ccc1C(C#N)N=C=O. The van der Waals surface area contributed by atoms with Crippen LogP contribution in [0.1, 0.15) is 17.2 Å². The van der Waals surface area contributed by atoms with Crippen LogP contribution in [-0.2, 0) is 4.79 Å². The fraction of sp³-hybridized carbons (Fsp3) is 0.200. The summed E-state index contributed by atoms with van der Waals surface area (Å²) < 4.78 is 12.7. The number of rotatable bonds is 2. The highest BCUT2D eigenvalue weighted by atomic mass is 19.1. The lowest BCUT2D eigenvalue weighted by Crippen LogP contribution is -1.95. The molecular formula is C10H7FN2O. The minimum Gasteiger partial charge on any atom is -0.211 e. The van der Waals surface area contributed by atoms with Crippen molar-refractivity contribution < 1.29 is 9.18 Å². The number of aliphatic imine (C=N–C) groups is 1. The molecule has 0 aliphatic carbocycles. The van der Waals surface area contributed by atoms with Crippen LogP contribution in [0.25, 0.3) is 0 Å². The van der Waals surface area contributed by atoms with Crippen LogP contribution in [0.15, 0.2) is 23.2 Å². The normalized spacial score (nSPS) is 11.2. The smallest absolute Gasteiger partial charge is 0.211 e. The molecular weight excluding hydrogens is 183 g/mol. The molecule has 3 nitrogen and oxygen atoms in total. The van der Waals surface area contributed by atoms with E-state index >= 15 is 0 Å². The number of nitrogens with zero attached hydrogens (tertiary/aromatic N) is 2. The summed E-state index contributed by atoms with van der Waals surface area (Å²) in [4.78, 5) is 13.3. The summed E-state index contributed by atoms with van der Waals surface area (Å²) in [5.41, 5.74) is 1.12. The summed E-state index contributed by atoms with van der Waals surface area (Å²) in [7, 11) is 0. The molecule has 0 saturated heterocycles. The second kappa shape index (κ2) is 4.31. The van der Waals surface area contributed by atoms with Crippen LogP contribution in [0.2, 0.25) is 0 Å². The maximum atomic E-state index is 12.7. The average Bonchev–Trinajstić information content (AvgIpc) is 2.15. The molecule has 14 heavy (non-hydrogen) atoms. The largest absolute Gasteiger partial charge is 0.236 e. The van der Waals surface area contributed by atoms with Crippen LogP contribution in [0, 0.1) is 24.1 Å². The predicted octanol–water partition coefficient (Wildman–Crippen LogP) is 2.03. The van der Waals surface area contributed by atoms with E-state index < -0.39 is 6.04 Å². The number of aryl methyl sites for hydroxylation is 1. The number of halogens is 1. The van der Waals surface area contributed by atoms with Gasteiger partial charge in [-0.1, -0.05) is 6.07 Å². The van der Waals surface area contributed by atoms with Gasteiger partial charge in [0, 0.05) is 0 Å². The second-order valence-corrected chi connectivity index (χ2v) is 2.75. The monoisotopic (exact) mass is 190 g/mol. The van der Waals surface area contributed by atoms with Crippen LogP contribution in [-0.4, -0.2) is 6.08 Å². The van der Waals surface area contributed by atoms with Crippen molar-refractivity contribution in [1.29, 1.82) is 5.26 Å². The Kier molecular flexibility index (Phi) is 3.11. The van der Waals surface area contributed by atoms with Crippen molar-refractivity contribution >= 4 is 6.08 Å². The van der Waals surface area contributed by atoms with Crippen molar-refractivity contribution in [3.8, 4) is 6.07 Å². The van der Waals surface area contributed by atoms with Gasteiger partial charge in [0.15, 0.2) is 6.04 Å². The zero-order valence-electron chi connectivity index (χ0n) is 7.49. The van der Waals surface area contributed by atoms with Crippen LogP contribution >= 0.6 is 0 Å². The standard InChI is InChI=1S/C10H7FN2O/c1-7-4-8(11)2-3-9(7)10(5-12)13-6-14/h2-4,10H,1H3. The molecule has 4 heteroatoms. The third-order valence-electron chi connectivity index (χ3n) is 1.83. The summed E-state index contributed by atoms with van der Waals surface area (Å²) in [5.74, 6) is -0.377. The van der Waals surface area contributed by atoms with E-state index in [2.05, 4.69) is 4.99 Å². The highest BCUT2D eigenvalue weighted by Gasteiger charge is 2.11. The lowest BCUT2D eigenvalue weighted by atomic mass is 10.0. The van der Waals surface area contributed by atoms with Gasteiger partial charge in [0.05, 0.1) is 6.07 Å². The van der Waals surface area contributed by atoms with Gasteiger partial charge < -0.3 is 0 Å². The zero-order chi connectivity index (χ0) is 10.6. The highest BCUT2D eigenvalue weighted by molar-refractivity contribution is 5.40. The van der Waals surface area contributed by atoms with Crippen molar-refractivity contribution in [3.63, 3.8) is 0 Å². The maximum Gasteiger partial charge on any atom is 0.236 e. The van der Waals surface area contributed by atoms with Crippen molar-refractivity contribution in [3.05, 3.63) is 35.1 Å². The Morgan fingerprint density at radius 3 is 2.79 bits per heavy atom. The van der Waals surface area contributed by atoms with Crippen molar-refractivity contribution in [2.75, 3.05) is 0 Å². The first-order valence-corrected chi connectivity index (χ1v) is 3.91. The molecule has 1 aromatic rings. The Hall–Kier alpha value is -1.98. The van der Waals surface area contributed by atoms with Gasteiger partial charge in [-0.05, 0) is 30.2 Å². The average molecular weight is 190 g/mol. The number of nitriles is 1. The van der Waals surface area contributed by atoms with Gasteiger partial charge in [-0.3, -0.25) is 0 Å². The van der Waals surface area contributed by atoms with E-state index in [1.165, 1.54) is 24.3 Å². The minimum absolute atomic E-state index is 0.377. The van der Waals surface area contributed by atoms with E-state index in [9.17, 15) is 9.18 Å². The molecule has 1 aromatic carbocycles. The van der Waals surface area contributed by atoms with Crippen molar-refractivity contribution in [2.24, 2.45) is 4.99 Å². The quantitative estimate of drug-likeness (QED) is 0.529. The van der Waals surface area contributed by atoms with Gasteiger partial charge in [0.2, 0.25) is 6.08 Å². The van der Waals surface area contributed by atoms with E-state index in [0.29, 0.717) is 11.1 Å².